The smallest absolute Gasteiger partial charge is 0.0589 e. The van der Waals surface area contributed by atoms with Crippen molar-refractivity contribution in [2.75, 3.05) is 44.0 Å². The van der Waals surface area contributed by atoms with Crippen LogP contribution < -0.4 is 10.6 Å². The molecule has 1 unspecified atom stereocenters. The molecule has 4 nitrogen and oxygen atoms in total. The second kappa shape index (κ2) is 6.02. The maximum Gasteiger partial charge on any atom is 0.0589 e. The first-order chi connectivity index (χ1) is 9.78. The molecule has 0 bridgehead atoms. The quantitative estimate of drug-likeness (QED) is 0.806. The fourth-order valence-electron chi connectivity index (χ4n) is 3.18. The van der Waals surface area contributed by atoms with Gasteiger partial charge in [0.05, 0.1) is 6.61 Å². The Morgan fingerprint density at radius 2 is 1.95 bits per heavy atom. The summed E-state index contributed by atoms with van der Waals surface area (Å²) in [4.78, 5) is 5.15. The summed E-state index contributed by atoms with van der Waals surface area (Å²) in [6.07, 6.45) is 3.92. The van der Waals surface area contributed by atoms with Crippen molar-refractivity contribution in [3.8, 4) is 0 Å². The van der Waals surface area contributed by atoms with E-state index in [4.69, 9.17) is 10.5 Å². The minimum atomic E-state index is 0.642. The molecular weight excluding hydrogens is 250 g/mol. The Labute approximate surface area is 121 Å². The van der Waals surface area contributed by atoms with Crippen molar-refractivity contribution in [3.63, 3.8) is 0 Å². The lowest BCUT2D eigenvalue weighted by molar-refractivity contribution is 0.160. The molecule has 2 N–H and O–H groups in total. The lowest BCUT2D eigenvalue weighted by Crippen LogP contribution is -2.39. The van der Waals surface area contributed by atoms with Gasteiger partial charge in [-0.3, -0.25) is 4.90 Å². The minimum Gasteiger partial charge on any atom is -0.399 e. The molecule has 0 amide bonds. The lowest BCUT2D eigenvalue weighted by Gasteiger charge is -2.31. The first-order valence-electron chi connectivity index (χ1n) is 7.63. The molecule has 1 aromatic carbocycles. The molecule has 2 aliphatic rings. The number of benzene rings is 1. The van der Waals surface area contributed by atoms with Crippen molar-refractivity contribution >= 4 is 11.4 Å². The summed E-state index contributed by atoms with van der Waals surface area (Å²) < 4.78 is 5.19. The Morgan fingerprint density at radius 3 is 2.60 bits per heavy atom. The SMILES string of the molecule is COCCN1CCC(N(c2ccc(N)cc2)C2CC2)C1. The molecule has 2 fully saturated rings. The summed E-state index contributed by atoms with van der Waals surface area (Å²) in [7, 11) is 1.78. The van der Waals surface area contributed by atoms with Crippen molar-refractivity contribution in [2.24, 2.45) is 0 Å². The average molecular weight is 275 g/mol. The first kappa shape index (κ1) is 13.7. The number of likely N-dealkylation sites (tertiary alicyclic amines) is 1. The molecule has 110 valence electrons. The third-order valence-electron chi connectivity index (χ3n) is 4.38. The van der Waals surface area contributed by atoms with Gasteiger partial charge in [0.1, 0.15) is 0 Å². The number of methoxy groups -OCH3 is 1. The maximum absolute atomic E-state index is 5.81. The fourth-order valence-corrected chi connectivity index (χ4v) is 3.18. The standard InChI is InChI=1S/C16H25N3O/c1-20-11-10-18-9-8-16(12-18)19(15-6-7-15)14-4-2-13(17)3-5-14/h2-5,15-16H,6-12,17H2,1H3. The van der Waals surface area contributed by atoms with Crippen LogP contribution in [0.3, 0.4) is 0 Å². The zero-order valence-electron chi connectivity index (χ0n) is 12.3. The largest absolute Gasteiger partial charge is 0.399 e. The Hall–Kier alpha value is -1.26. The normalized spacial score (nSPS) is 23.1. The summed E-state index contributed by atoms with van der Waals surface area (Å²) in [5, 5.41) is 0. The molecule has 1 saturated heterocycles. The van der Waals surface area contributed by atoms with E-state index in [0.29, 0.717) is 6.04 Å². The maximum atomic E-state index is 5.81. The third kappa shape index (κ3) is 3.07. The van der Waals surface area contributed by atoms with Gasteiger partial charge in [-0.25, -0.2) is 0 Å². The van der Waals surface area contributed by atoms with Gasteiger partial charge in [0.2, 0.25) is 0 Å². The number of nitrogens with zero attached hydrogens (tertiary/aromatic N) is 2. The van der Waals surface area contributed by atoms with Gasteiger partial charge in [0, 0.05) is 50.2 Å². The van der Waals surface area contributed by atoms with E-state index >= 15 is 0 Å². The number of hydrogen-bond donors (Lipinski definition) is 1. The van der Waals surface area contributed by atoms with Gasteiger partial charge in [0.25, 0.3) is 0 Å². The number of anilines is 2. The number of nitrogens with two attached hydrogens (primary N) is 1. The van der Waals surface area contributed by atoms with Crippen molar-refractivity contribution in [1.82, 2.24) is 4.90 Å². The summed E-state index contributed by atoms with van der Waals surface area (Å²) in [6, 6.07) is 9.76. The van der Waals surface area contributed by atoms with Gasteiger partial charge >= 0.3 is 0 Å². The second-order valence-corrected chi connectivity index (χ2v) is 5.97. The van der Waals surface area contributed by atoms with Crippen LogP contribution in [0.5, 0.6) is 0 Å². The molecule has 0 spiro atoms. The van der Waals surface area contributed by atoms with Crippen LogP contribution in [0.25, 0.3) is 0 Å². The van der Waals surface area contributed by atoms with Crippen molar-refractivity contribution in [3.05, 3.63) is 24.3 Å². The number of nitrogen functional groups attached to an aromatic ring is 1. The molecule has 1 saturated carbocycles. The summed E-state index contributed by atoms with van der Waals surface area (Å²) in [5.74, 6) is 0. The van der Waals surface area contributed by atoms with E-state index in [1.165, 1.54) is 31.5 Å². The zero-order valence-corrected chi connectivity index (χ0v) is 12.3. The molecular formula is C16H25N3O. The topological polar surface area (TPSA) is 41.7 Å². The number of ether oxygens (including phenoxy) is 1. The van der Waals surface area contributed by atoms with E-state index in [2.05, 4.69) is 21.9 Å². The van der Waals surface area contributed by atoms with E-state index in [-0.39, 0.29) is 0 Å². The van der Waals surface area contributed by atoms with Crippen LogP contribution in [0.4, 0.5) is 11.4 Å². The van der Waals surface area contributed by atoms with Crippen LogP contribution in [0.1, 0.15) is 19.3 Å². The average Bonchev–Trinajstić information content (AvgIpc) is 3.18. The molecule has 1 heterocycles. The zero-order chi connectivity index (χ0) is 13.9. The third-order valence-corrected chi connectivity index (χ3v) is 4.38. The molecule has 1 aliphatic heterocycles. The van der Waals surface area contributed by atoms with Crippen molar-refractivity contribution in [2.45, 2.75) is 31.3 Å². The van der Waals surface area contributed by atoms with E-state index in [1.807, 2.05) is 12.1 Å². The molecule has 3 rings (SSSR count). The monoisotopic (exact) mass is 275 g/mol. The highest BCUT2D eigenvalue weighted by Gasteiger charge is 2.37. The molecule has 0 radical (unpaired) electrons. The van der Waals surface area contributed by atoms with Crippen LogP contribution in [-0.2, 0) is 4.74 Å². The Bertz CT molecular complexity index is 430. The van der Waals surface area contributed by atoms with E-state index in [0.717, 1.165) is 31.4 Å². The van der Waals surface area contributed by atoms with Crippen LogP contribution in [0.15, 0.2) is 24.3 Å². The van der Waals surface area contributed by atoms with Crippen molar-refractivity contribution in [1.29, 1.82) is 0 Å². The molecule has 1 aromatic rings. The second-order valence-electron chi connectivity index (χ2n) is 5.97. The Morgan fingerprint density at radius 1 is 1.20 bits per heavy atom. The molecule has 1 aliphatic carbocycles. The predicted octanol–water partition coefficient (Wildman–Crippen LogP) is 1.96. The highest BCUT2D eigenvalue weighted by atomic mass is 16.5. The Kier molecular flexibility index (Phi) is 4.13. The summed E-state index contributed by atoms with van der Waals surface area (Å²) in [5.41, 5.74) is 7.99. The van der Waals surface area contributed by atoms with Crippen LogP contribution in [0, 0.1) is 0 Å². The molecule has 0 aromatic heterocycles. The van der Waals surface area contributed by atoms with Crippen LogP contribution >= 0.6 is 0 Å². The molecule has 4 heteroatoms. The van der Waals surface area contributed by atoms with Gasteiger partial charge < -0.3 is 15.4 Å². The summed E-state index contributed by atoms with van der Waals surface area (Å²) >= 11 is 0. The first-order valence-corrected chi connectivity index (χ1v) is 7.63. The van der Waals surface area contributed by atoms with Crippen LogP contribution in [-0.4, -0.2) is 50.3 Å². The van der Waals surface area contributed by atoms with Gasteiger partial charge in [-0.15, -0.1) is 0 Å². The Balaban J connectivity index is 1.67. The highest BCUT2D eigenvalue weighted by molar-refractivity contribution is 5.55. The van der Waals surface area contributed by atoms with Gasteiger partial charge in [-0.05, 0) is 43.5 Å². The van der Waals surface area contributed by atoms with E-state index in [1.54, 1.807) is 7.11 Å². The van der Waals surface area contributed by atoms with Gasteiger partial charge in [-0.2, -0.15) is 0 Å². The number of rotatable bonds is 6. The predicted molar refractivity (Wildman–Crippen MR) is 83.1 cm³/mol. The number of hydrogen-bond acceptors (Lipinski definition) is 4. The fraction of sp³-hybridized carbons (Fsp3) is 0.625. The lowest BCUT2D eigenvalue weighted by atomic mass is 10.1. The van der Waals surface area contributed by atoms with Gasteiger partial charge in [0.15, 0.2) is 0 Å². The minimum absolute atomic E-state index is 0.642. The molecule has 20 heavy (non-hydrogen) atoms. The summed E-state index contributed by atoms with van der Waals surface area (Å²) in [6.45, 7) is 4.22. The van der Waals surface area contributed by atoms with E-state index in [9.17, 15) is 0 Å². The van der Waals surface area contributed by atoms with E-state index < -0.39 is 0 Å². The van der Waals surface area contributed by atoms with Crippen LogP contribution in [0.2, 0.25) is 0 Å². The van der Waals surface area contributed by atoms with Gasteiger partial charge in [-0.1, -0.05) is 0 Å². The van der Waals surface area contributed by atoms with Crippen molar-refractivity contribution < 1.29 is 4.74 Å². The molecule has 1 atom stereocenters. The highest BCUT2D eigenvalue weighted by Crippen LogP contribution is 2.36.